The van der Waals surface area contributed by atoms with E-state index in [0.29, 0.717) is 13.2 Å². The monoisotopic (exact) mass is 252 g/mol. The Morgan fingerprint density at radius 1 is 0.944 bits per heavy atom. The van der Waals surface area contributed by atoms with Gasteiger partial charge in [0.05, 0.1) is 12.1 Å². The van der Waals surface area contributed by atoms with E-state index in [1.165, 1.54) is 0 Å². The first-order valence-electron chi connectivity index (χ1n) is 6.63. The third-order valence-corrected chi connectivity index (χ3v) is 3.52. The van der Waals surface area contributed by atoms with Crippen LogP contribution in [-0.2, 0) is 9.47 Å². The summed E-state index contributed by atoms with van der Waals surface area (Å²) in [6, 6.07) is 0.450. The zero-order valence-corrected chi connectivity index (χ0v) is 12.3. The van der Waals surface area contributed by atoms with Gasteiger partial charge >= 0.3 is 0 Å². The van der Waals surface area contributed by atoms with Gasteiger partial charge < -0.3 is 9.47 Å². The van der Waals surface area contributed by atoms with Gasteiger partial charge in [0.2, 0.25) is 0 Å². The van der Waals surface area contributed by atoms with Gasteiger partial charge in [-0.2, -0.15) is 0 Å². The third-order valence-electron chi connectivity index (χ3n) is 3.52. The van der Waals surface area contributed by atoms with Crippen molar-refractivity contribution in [3.8, 4) is 0 Å². The number of rotatable bonds is 2. The molecule has 0 aromatic carbocycles. The van der Waals surface area contributed by atoms with Crippen LogP contribution >= 0.6 is 0 Å². The predicted molar refractivity (Wildman–Crippen MR) is 73.3 cm³/mol. The second kappa shape index (κ2) is 4.25. The molecule has 4 nitrogen and oxygen atoms in total. The molecule has 2 aliphatic heterocycles. The summed E-state index contributed by atoms with van der Waals surface area (Å²) >= 11 is 0. The molecule has 18 heavy (non-hydrogen) atoms. The van der Waals surface area contributed by atoms with Crippen molar-refractivity contribution in [2.75, 3.05) is 13.2 Å². The average molecular weight is 252 g/mol. The highest BCUT2D eigenvalue weighted by Gasteiger charge is 2.42. The highest BCUT2D eigenvalue weighted by atomic mass is 16.5. The first kappa shape index (κ1) is 13.4. The molecule has 0 aromatic heterocycles. The second-order valence-corrected chi connectivity index (χ2v) is 6.85. The lowest BCUT2D eigenvalue weighted by Crippen LogP contribution is -2.34. The lowest BCUT2D eigenvalue weighted by Gasteiger charge is -2.23. The van der Waals surface area contributed by atoms with Gasteiger partial charge in [-0.1, -0.05) is 20.8 Å². The van der Waals surface area contributed by atoms with Gasteiger partial charge in [0, 0.05) is 0 Å². The summed E-state index contributed by atoms with van der Waals surface area (Å²) in [6.45, 7) is 14.1. The zero-order chi connectivity index (χ0) is 13.6. The lowest BCUT2D eigenvalue weighted by atomic mass is 9.88. The van der Waals surface area contributed by atoms with E-state index < -0.39 is 0 Å². The van der Waals surface area contributed by atoms with Crippen molar-refractivity contribution < 1.29 is 9.47 Å². The average Bonchev–Trinajstić information content (AvgIpc) is 2.83. The second-order valence-electron chi connectivity index (χ2n) is 6.85. The Bertz CT molecular complexity index is 391. The van der Waals surface area contributed by atoms with Crippen molar-refractivity contribution in [3.05, 3.63) is 0 Å². The van der Waals surface area contributed by atoms with E-state index in [1.54, 1.807) is 0 Å². The minimum atomic E-state index is -0.356. The van der Waals surface area contributed by atoms with Crippen LogP contribution in [0.4, 0.5) is 0 Å². The normalized spacial score (nSPS) is 28.6. The van der Waals surface area contributed by atoms with Crippen LogP contribution < -0.4 is 0 Å². The molecule has 2 atom stereocenters. The molecule has 0 aliphatic carbocycles. The number of aliphatic imine (C=N–C) groups is 2. The van der Waals surface area contributed by atoms with Crippen molar-refractivity contribution in [1.82, 2.24) is 0 Å². The van der Waals surface area contributed by atoms with Crippen molar-refractivity contribution >= 4 is 11.8 Å². The quantitative estimate of drug-likeness (QED) is 0.758. The minimum Gasteiger partial charge on any atom is -0.478 e. The highest BCUT2D eigenvalue weighted by molar-refractivity contribution is 6.05. The van der Waals surface area contributed by atoms with E-state index in [9.17, 15) is 0 Å². The van der Waals surface area contributed by atoms with E-state index in [2.05, 4.69) is 46.5 Å². The molecule has 0 saturated carbocycles. The Morgan fingerprint density at radius 2 is 1.50 bits per heavy atom. The summed E-state index contributed by atoms with van der Waals surface area (Å²) in [5, 5.41) is 0. The van der Waals surface area contributed by atoms with Crippen molar-refractivity contribution in [1.29, 1.82) is 0 Å². The first-order chi connectivity index (χ1) is 8.21. The molecular formula is C14H24N2O2. The van der Waals surface area contributed by atoms with Crippen LogP contribution in [-0.4, -0.2) is 37.1 Å². The molecule has 4 heteroatoms. The first-order valence-corrected chi connectivity index (χ1v) is 6.63. The van der Waals surface area contributed by atoms with Crippen LogP contribution in [0.25, 0.3) is 0 Å². The maximum Gasteiger partial charge on any atom is 0.199 e. The van der Waals surface area contributed by atoms with E-state index >= 15 is 0 Å². The molecule has 2 rings (SSSR count). The predicted octanol–water partition coefficient (Wildman–Crippen LogP) is 2.67. The maximum absolute atomic E-state index is 5.79. The van der Waals surface area contributed by atoms with Gasteiger partial charge in [-0.15, -0.1) is 0 Å². The van der Waals surface area contributed by atoms with Gasteiger partial charge in [-0.25, -0.2) is 9.98 Å². The maximum atomic E-state index is 5.79. The van der Waals surface area contributed by atoms with Crippen LogP contribution in [0.2, 0.25) is 0 Å². The Balaban J connectivity index is 2.19. The van der Waals surface area contributed by atoms with Gasteiger partial charge in [-0.05, 0) is 26.2 Å². The summed E-state index contributed by atoms with van der Waals surface area (Å²) in [4.78, 5) is 9.26. The third kappa shape index (κ3) is 2.38. The van der Waals surface area contributed by atoms with Gasteiger partial charge in [-0.3, -0.25) is 0 Å². The molecule has 2 unspecified atom stereocenters. The zero-order valence-electron chi connectivity index (χ0n) is 12.3. The molecule has 0 radical (unpaired) electrons. The SMILES string of the molecule is CC1COC(C(C)(C)C2=NC(C(C)(C)C)CO2)=N1. The van der Waals surface area contributed by atoms with Crippen LogP contribution in [0.3, 0.4) is 0 Å². The Morgan fingerprint density at radius 3 is 1.94 bits per heavy atom. The summed E-state index contributed by atoms with van der Waals surface area (Å²) in [7, 11) is 0. The molecule has 0 spiro atoms. The van der Waals surface area contributed by atoms with Gasteiger partial charge in [0.15, 0.2) is 11.8 Å². The van der Waals surface area contributed by atoms with Crippen molar-refractivity contribution in [2.24, 2.45) is 20.8 Å². The standard InChI is InChI=1S/C14H24N2O2/c1-9-7-17-11(15-9)14(5,6)12-16-10(8-18-12)13(2,3)4/h9-10H,7-8H2,1-6H3. The molecular weight excluding hydrogens is 228 g/mol. The molecule has 0 bridgehead atoms. The summed E-state index contributed by atoms with van der Waals surface area (Å²) in [5.41, 5.74) is -0.228. The molecule has 102 valence electrons. The number of hydrogen-bond acceptors (Lipinski definition) is 4. The molecule has 0 aromatic rings. The van der Waals surface area contributed by atoms with Crippen LogP contribution in [0.5, 0.6) is 0 Å². The van der Waals surface area contributed by atoms with Crippen LogP contribution in [0, 0.1) is 10.8 Å². The summed E-state index contributed by atoms with van der Waals surface area (Å²) < 4.78 is 11.4. The summed E-state index contributed by atoms with van der Waals surface area (Å²) in [5.74, 6) is 1.51. The van der Waals surface area contributed by atoms with E-state index in [4.69, 9.17) is 14.5 Å². The fourth-order valence-electron chi connectivity index (χ4n) is 2.07. The van der Waals surface area contributed by atoms with Gasteiger partial charge in [0.1, 0.15) is 18.6 Å². The van der Waals surface area contributed by atoms with Crippen LogP contribution in [0.1, 0.15) is 41.5 Å². The Hall–Kier alpha value is -1.06. The minimum absolute atomic E-state index is 0.128. The largest absolute Gasteiger partial charge is 0.478 e. The smallest absolute Gasteiger partial charge is 0.199 e. The number of hydrogen-bond donors (Lipinski definition) is 0. The molecule has 0 saturated heterocycles. The molecule has 0 N–H and O–H groups in total. The fraction of sp³-hybridized carbons (Fsp3) is 0.857. The van der Waals surface area contributed by atoms with Gasteiger partial charge in [0.25, 0.3) is 0 Å². The van der Waals surface area contributed by atoms with E-state index in [1.807, 2.05) is 0 Å². The molecule has 0 amide bonds. The van der Waals surface area contributed by atoms with E-state index in [0.717, 1.165) is 11.8 Å². The number of ether oxygens (including phenoxy) is 2. The fourth-order valence-corrected chi connectivity index (χ4v) is 2.07. The number of nitrogens with zero attached hydrogens (tertiary/aromatic N) is 2. The molecule has 2 heterocycles. The molecule has 0 fully saturated rings. The lowest BCUT2D eigenvalue weighted by molar-refractivity contribution is 0.222. The summed E-state index contributed by atoms with van der Waals surface area (Å²) in [6.07, 6.45) is 0. The van der Waals surface area contributed by atoms with Crippen LogP contribution in [0.15, 0.2) is 9.98 Å². The van der Waals surface area contributed by atoms with Crippen molar-refractivity contribution in [2.45, 2.75) is 53.6 Å². The Labute approximate surface area is 109 Å². The topological polar surface area (TPSA) is 43.2 Å². The molecule has 2 aliphatic rings. The Kier molecular flexibility index (Phi) is 3.16. The van der Waals surface area contributed by atoms with E-state index in [-0.39, 0.29) is 22.9 Å². The highest BCUT2D eigenvalue weighted by Crippen LogP contribution is 2.33. The van der Waals surface area contributed by atoms with Crippen molar-refractivity contribution in [3.63, 3.8) is 0 Å².